The molecule has 3 aromatic heterocycles. The average molecular weight is 359 g/mol. The molecule has 0 saturated heterocycles. The molecular formula is C21H21N5O. The van der Waals surface area contributed by atoms with Crippen LogP contribution < -0.4 is 10.9 Å². The van der Waals surface area contributed by atoms with Crippen LogP contribution in [0.3, 0.4) is 0 Å². The van der Waals surface area contributed by atoms with Gasteiger partial charge >= 0.3 is 0 Å². The van der Waals surface area contributed by atoms with E-state index in [2.05, 4.69) is 28.4 Å². The highest BCUT2D eigenvalue weighted by Gasteiger charge is 2.29. The van der Waals surface area contributed by atoms with Gasteiger partial charge < -0.3 is 9.88 Å². The molecule has 4 aromatic rings. The summed E-state index contributed by atoms with van der Waals surface area (Å²) in [6.07, 6.45) is 7.44. The molecule has 0 amide bonds. The molecule has 1 aromatic carbocycles. The van der Waals surface area contributed by atoms with E-state index in [9.17, 15) is 4.79 Å². The van der Waals surface area contributed by atoms with Crippen LogP contribution in [0.15, 0.2) is 53.7 Å². The third-order valence-electron chi connectivity index (χ3n) is 5.34. The van der Waals surface area contributed by atoms with E-state index in [1.807, 2.05) is 42.0 Å². The van der Waals surface area contributed by atoms with Crippen LogP contribution in [0.1, 0.15) is 43.1 Å². The Bertz CT molecular complexity index is 1220. The summed E-state index contributed by atoms with van der Waals surface area (Å²) in [4.78, 5) is 17.7. The molecule has 6 nitrogen and oxygen atoms in total. The summed E-state index contributed by atoms with van der Waals surface area (Å²) in [5, 5.41) is 9.63. The van der Waals surface area contributed by atoms with Gasteiger partial charge in [-0.2, -0.15) is 5.10 Å². The van der Waals surface area contributed by atoms with Crippen molar-refractivity contribution >= 4 is 22.1 Å². The quantitative estimate of drug-likeness (QED) is 0.601. The van der Waals surface area contributed by atoms with Crippen molar-refractivity contribution in [2.24, 2.45) is 0 Å². The topological polar surface area (TPSA) is 64.2 Å². The summed E-state index contributed by atoms with van der Waals surface area (Å²) in [7, 11) is 0. The van der Waals surface area contributed by atoms with Crippen LogP contribution in [0.4, 0.5) is 5.69 Å². The van der Waals surface area contributed by atoms with E-state index in [4.69, 9.17) is 0 Å². The molecular weight excluding hydrogens is 338 g/mol. The molecule has 1 aliphatic rings. The van der Waals surface area contributed by atoms with Crippen LogP contribution in [-0.2, 0) is 0 Å². The van der Waals surface area contributed by atoms with Crippen LogP contribution in [0.5, 0.6) is 0 Å². The van der Waals surface area contributed by atoms with Crippen molar-refractivity contribution in [3.8, 4) is 0 Å². The van der Waals surface area contributed by atoms with E-state index in [0.717, 1.165) is 46.2 Å². The van der Waals surface area contributed by atoms with Gasteiger partial charge in [0, 0.05) is 24.1 Å². The second kappa shape index (κ2) is 5.94. The first-order valence-corrected chi connectivity index (χ1v) is 9.33. The van der Waals surface area contributed by atoms with E-state index in [1.165, 1.54) is 0 Å². The monoisotopic (exact) mass is 359 g/mol. The van der Waals surface area contributed by atoms with Crippen LogP contribution in [-0.4, -0.2) is 19.2 Å². The van der Waals surface area contributed by atoms with E-state index < -0.39 is 0 Å². The van der Waals surface area contributed by atoms with Gasteiger partial charge in [0.1, 0.15) is 0 Å². The fourth-order valence-corrected chi connectivity index (χ4v) is 3.87. The number of nitrogens with zero attached hydrogens (tertiary/aromatic N) is 4. The zero-order valence-corrected chi connectivity index (χ0v) is 15.4. The predicted molar refractivity (Wildman–Crippen MR) is 106 cm³/mol. The summed E-state index contributed by atoms with van der Waals surface area (Å²) < 4.78 is 3.74. The molecule has 0 unspecified atom stereocenters. The van der Waals surface area contributed by atoms with Gasteiger partial charge in [-0.05, 0) is 49.8 Å². The zero-order valence-electron chi connectivity index (χ0n) is 15.4. The van der Waals surface area contributed by atoms with Crippen LogP contribution in [0.25, 0.3) is 16.4 Å². The number of rotatable bonds is 4. The first-order valence-electron chi connectivity index (χ1n) is 9.33. The van der Waals surface area contributed by atoms with Crippen molar-refractivity contribution in [2.45, 2.75) is 38.8 Å². The molecule has 0 spiro atoms. The number of nitrogens with one attached hydrogen (secondary N) is 1. The molecule has 1 saturated carbocycles. The lowest BCUT2D eigenvalue weighted by Gasteiger charge is -2.22. The summed E-state index contributed by atoms with van der Waals surface area (Å²) >= 11 is 0. The van der Waals surface area contributed by atoms with Gasteiger partial charge in [0.2, 0.25) is 0 Å². The van der Waals surface area contributed by atoms with Gasteiger partial charge in [-0.25, -0.2) is 9.50 Å². The van der Waals surface area contributed by atoms with Crippen LogP contribution >= 0.6 is 0 Å². The van der Waals surface area contributed by atoms with Crippen molar-refractivity contribution in [1.82, 2.24) is 19.2 Å². The largest absolute Gasteiger partial charge is 0.374 e. The highest BCUT2D eigenvalue weighted by molar-refractivity contribution is 5.85. The number of pyridine rings is 1. The molecule has 1 atom stereocenters. The Hall–Kier alpha value is -3.15. The van der Waals surface area contributed by atoms with Gasteiger partial charge in [0.15, 0.2) is 5.65 Å². The molecule has 0 bridgehead atoms. The number of anilines is 1. The highest BCUT2D eigenvalue weighted by Crippen LogP contribution is 2.37. The molecule has 1 fully saturated rings. The third kappa shape index (κ3) is 2.60. The minimum Gasteiger partial charge on any atom is -0.374 e. The van der Waals surface area contributed by atoms with Crippen LogP contribution in [0, 0.1) is 6.92 Å². The number of benzene rings is 1. The van der Waals surface area contributed by atoms with E-state index in [-0.39, 0.29) is 11.6 Å². The normalized spacial score (nSPS) is 15.3. The number of aryl methyl sites for hydroxylation is 1. The number of aromatic nitrogens is 4. The molecule has 1 N–H and O–H groups in total. The smallest absolute Gasteiger partial charge is 0.259 e. The fourth-order valence-electron chi connectivity index (χ4n) is 3.87. The van der Waals surface area contributed by atoms with Gasteiger partial charge in [-0.1, -0.05) is 18.2 Å². The fraction of sp³-hybridized carbons (Fsp3) is 0.286. The molecule has 5 rings (SSSR count). The number of fused-ring (bicyclic) bond motifs is 2. The van der Waals surface area contributed by atoms with Gasteiger partial charge in [0.05, 0.1) is 23.3 Å². The first kappa shape index (κ1) is 16.1. The van der Waals surface area contributed by atoms with E-state index in [0.29, 0.717) is 6.04 Å². The standard InChI is InChI=1S/C21H21N5O/c1-13-4-3-5-15-12-18(26(16-6-7-16)21(27)19(13)15)14(2)24-17-8-9-23-25-11-10-22-20(17)25/h3-5,8-12,14,16,24H,6-7H2,1-2H3/t14-/m0/s1. The predicted octanol–water partition coefficient (Wildman–Crippen LogP) is 3.86. The third-order valence-corrected chi connectivity index (χ3v) is 5.34. The number of hydrogen-bond acceptors (Lipinski definition) is 4. The molecule has 1 aliphatic carbocycles. The van der Waals surface area contributed by atoms with Gasteiger partial charge in [-0.15, -0.1) is 0 Å². The molecule has 136 valence electrons. The van der Waals surface area contributed by atoms with E-state index >= 15 is 0 Å². The molecule has 3 heterocycles. The summed E-state index contributed by atoms with van der Waals surface area (Å²) in [5.41, 5.74) is 3.86. The minimum absolute atomic E-state index is 0.0360. The Morgan fingerprint density at radius 2 is 2.07 bits per heavy atom. The maximum absolute atomic E-state index is 13.3. The Morgan fingerprint density at radius 3 is 2.89 bits per heavy atom. The van der Waals surface area contributed by atoms with Crippen LogP contribution in [0.2, 0.25) is 0 Å². The summed E-state index contributed by atoms with van der Waals surface area (Å²) in [6.45, 7) is 4.10. The number of hydrogen-bond donors (Lipinski definition) is 1. The SMILES string of the molecule is Cc1cccc2cc([C@H](C)Nc3ccnn4ccnc34)n(C3CC3)c(=O)c12. The first-order chi connectivity index (χ1) is 13.1. The second-order valence-electron chi connectivity index (χ2n) is 7.32. The highest BCUT2D eigenvalue weighted by atomic mass is 16.1. The lowest BCUT2D eigenvalue weighted by Crippen LogP contribution is -2.26. The van der Waals surface area contributed by atoms with Gasteiger partial charge in [-0.3, -0.25) is 4.79 Å². The Balaban J connectivity index is 1.64. The molecule has 0 radical (unpaired) electrons. The maximum atomic E-state index is 13.3. The molecule has 6 heteroatoms. The molecule has 0 aliphatic heterocycles. The van der Waals surface area contributed by atoms with Crippen molar-refractivity contribution in [1.29, 1.82) is 0 Å². The number of imidazole rings is 1. The lowest BCUT2D eigenvalue weighted by atomic mass is 10.0. The average Bonchev–Trinajstić information content (AvgIpc) is 3.37. The van der Waals surface area contributed by atoms with E-state index in [1.54, 1.807) is 16.9 Å². The van der Waals surface area contributed by atoms with Crippen molar-refractivity contribution in [2.75, 3.05) is 5.32 Å². The Kier molecular flexibility index (Phi) is 3.53. The van der Waals surface area contributed by atoms with Crippen molar-refractivity contribution in [3.63, 3.8) is 0 Å². The van der Waals surface area contributed by atoms with Crippen molar-refractivity contribution in [3.05, 3.63) is 70.5 Å². The zero-order chi connectivity index (χ0) is 18.5. The Labute approximate surface area is 156 Å². The van der Waals surface area contributed by atoms with Gasteiger partial charge in [0.25, 0.3) is 5.56 Å². The van der Waals surface area contributed by atoms with Crippen molar-refractivity contribution < 1.29 is 0 Å². The Morgan fingerprint density at radius 1 is 1.22 bits per heavy atom. The summed E-state index contributed by atoms with van der Waals surface area (Å²) in [5.74, 6) is 0. The summed E-state index contributed by atoms with van der Waals surface area (Å²) in [6, 6.07) is 10.4. The maximum Gasteiger partial charge on any atom is 0.259 e. The second-order valence-corrected chi connectivity index (χ2v) is 7.32. The minimum atomic E-state index is -0.0360. The lowest BCUT2D eigenvalue weighted by molar-refractivity contribution is 0.636. The molecule has 27 heavy (non-hydrogen) atoms.